The molecule has 7 aromatic rings. The van der Waals surface area contributed by atoms with Crippen LogP contribution in [0.2, 0.25) is 0 Å². The molecule has 1 aliphatic rings. The monoisotopic (exact) mass is 723 g/mol. The van der Waals surface area contributed by atoms with E-state index in [1.54, 1.807) is 0 Å². The SMILES string of the molecule is CC(C)(C)c1cc(N2CN(c3cccc(Oc4ccc5c6ccc(C#N)cc6n(-c6cc(C(C)(C)C)ccn6)c5c4)c3)c3ccccc32)cc(C(C)(C)C)c1. The van der Waals surface area contributed by atoms with Crippen molar-refractivity contribution in [3.05, 3.63) is 144 Å². The highest BCUT2D eigenvalue weighted by Crippen LogP contribution is 2.46. The number of para-hydroxylation sites is 2. The van der Waals surface area contributed by atoms with Crippen molar-refractivity contribution in [1.29, 1.82) is 5.26 Å². The van der Waals surface area contributed by atoms with Crippen molar-refractivity contribution in [2.75, 3.05) is 16.5 Å². The zero-order chi connectivity index (χ0) is 38.9. The Morgan fingerprint density at radius 1 is 0.564 bits per heavy atom. The molecule has 276 valence electrons. The number of hydrogen-bond acceptors (Lipinski definition) is 5. The minimum absolute atomic E-state index is 0.0184. The van der Waals surface area contributed by atoms with Gasteiger partial charge < -0.3 is 14.5 Å². The predicted octanol–water partition coefficient (Wildman–Crippen LogP) is 13.0. The third-order valence-electron chi connectivity index (χ3n) is 10.8. The maximum absolute atomic E-state index is 9.80. The lowest BCUT2D eigenvalue weighted by Gasteiger charge is -2.29. The van der Waals surface area contributed by atoms with Crippen LogP contribution < -0.4 is 14.5 Å². The van der Waals surface area contributed by atoms with Gasteiger partial charge in [-0.05, 0) is 106 Å². The molecule has 55 heavy (non-hydrogen) atoms. The molecule has 0 N–H and O–H groups in total. The van der Waals surface area contributed by atoms with Gasteiger partial charge in [-0.15, -0.1) is 0 Å². The number of anilines is 4. The highest BCUT2D eigenvalue weighted by molar-refractivity contribution is 6.09. The Bertz CT molecular complexity index is 2610. The van der Waals surface area contributed by atoms with E-state index in [2.05, 4.69) is 168 Å². The Morgan fingerprint density at radius 2 is 1.16 bits per heavy atom. The lowest BCUT2D eigenvalue weighted by atomic mass is 9.80. The molecule has 8 rings (SSSR count). The van der Waals surface area contributed by atoms with E-state index in [1.807, 2.05) is 36.5 Å². The maximum Gasteiger partial charge on any atom is 0.137 e. The van der Waals surface area contributed by atoms with Gasteiger partial charge in [0.2, 0.25) is 0 Å². The van der Waals surface area contributed by atoms with Crippen molar-refractivity contribution in [3.8, 4) is 23.4 Å². The van der Waals surface area contributed by atoms with Crippen molar-refractivity contribution in [1.82, 2.24) is 9.55 Å². The van der Waals surface area contributed by atoms with Crippen LogP contribution >= 0.6 is 0 Å². The van der Waals surface area contributed by atoms with Crippen molar-refractivity contribution < 1.29 is 4.74 Å². The van der Waals surface area contributed by atoms with Crippen LogP contribution in [0, 0.1) is 11.3 Å². The van der Waals surface area contributed by atoms with Gasteiger partial charge in [0.1, 0.15) is 24.0 Å². The van der Waals surface area contributed by atoms with E-state index in [0.29, 0.717) is 12.2 Å². The fourth-order valence-electron chi connectivity index (χ4n) is 7.53. The second-order valence-electron chi connectivity index (χ2n) is 17.9. The zero-order valence-corrected chi connectivity index (χ0v) is 33.4. The number of aromatic nitrogens is 2. The van der Waals surface area contributed by atoms with Gasteiger partial charge in [0.15, 0.2) is 0 Å². The van der Waals surface area contributed by atoms with Crippen molar-refractivity contribution in [2.45, 2.75) is 78.6 Å². The summed E-state index contributed by atoms with van der Waals surface area (Å²) in [5, 5.41) is 11.9. The summed E-state index contributed by atoms with van der Waals surface area (Å²) in [4.78, 5) is 9.63. The number of pyridine rings is 1. The Morgan fingerprint density at radius 3 is 1.80 bits per heavy atom. The summed E-state index contributed by atoms with van der Waals surface area (Å²) in [6.07, 6.45) is 1.87. The number of ether oxygens (including phenoxy) is 1. The molecule has 6 heteroatoms. The first-order valence-electron chi connectivity index (χ1n) is 19.1. The molecule has 0 amide bonds. The van der Waals surface area contributed by atoms with E-state index < -0.39 is 0 Å². The predicted molar refractivity (Wildman–Crippen MR) is 228 cm³/mol. The van der Waals surface area contributed by atoms with Crippen LogP contribution in [0.4, 0.5) is 22.7 Å². The molecular weight excluding hydrogens is 675 g/mol. The van der Waals surface area contributed by atoms with Crippen molar-refractivity contribution in [3.63, 3.8) is 0 Å². The van der Waals surface area contributed by atoms with Gasteiger partial charge in [0.05, 0.1) is 34.0 Å². The summed E-state index contributed by atoms with van der Waals surface area (Å²) in [6, 6.07) is 42.7. The van der Waals surface area contributed by atoms with Crippen molar-refractivity contribution >= 4 is 44.6 Å². The van der Waals surface area contributed by atoms with Crippen LogP contribution in [0.15, 0.2) is 121 Å². The third-order valence-corrected chi connectivity index (χ3v) is 10.8. The average Bonchev–Trinajstić information content (AvgIpc) is 3.69. The summed E-state index contributed by atoms with van der Waals surface area (Å²) in [6.45, 7) is 21.0. The molecule has 5 aromatic carbocycles. The molecule has 2 aromatic heterocycles. The van der Waals surface area contributed by atoms with E-state index in [9.17, 15) is 5.26 Å². The van der Waals surface area contributed by atoms with Crippen LogP contribution in [0.5, 0.6) is 11.5 Å². The lowest BCUT2D eigenvalue weighted by molar-refractivity contribution is 0.483. The number of rotatable bonds is 5. The maximum atomic E-state index is 9.80. The minimum atomic E-state index is -0.0493. The topological polar surface area (TPSA) is 57.3 Å². The Labute approximate surface area is 325 Å². The lowest BCUT2D eigenvalue weighted by Crippen LogP contribution is -2.25. The molecule has 0 aliphatic carbocycles. The van der Waals surface area contributed by atoms with E-state index in [-0.39, 0.29) is 16.2 Å². The molecule has 0 saturated carbocycles. The summed E-state index contributed by atoms with van der Waals surface area (Å²) in [7, 11) is 0. The first-order valence-corrected chi connectivity index (χ1v) is 19.1. The Hall–Kier alpha value is -6.06. The molecule has 1 aliphatic heterocycles. The molecule has 0 bridgehead atoms. The molecule has 0 fully saturated rings. The largest absolute Gasteiger partial charge is 0.457 e. The number of nitriles is 1. The fraction of sp³-hybridized carbons (Fsp3) is 0.265. The van der Waals surface area contributed by atoms with Crippen LogP contribution in [0.3, 0.4) is 0 Å². The van der Waals surface area contributed by atoms with Gasteiger partial charge in [0.25, 0.3) is 0 Å². The summed E-state index contributed by atoms with van der Waals surface area (Å²) >= 11 is 0. The second kappa shape index (κ2) is 13.1. The summed E-state index contributed by atoms with van der Waals surface area (Å²) < 4.78 is 8.83. The number of hydrogen-bond donors (Lipinski definition) is 0. The van der Waals surface area contributed by atoms with Gasteiger partial charge in [-0.3, -0.25) is 4.57 Å². The first-order chi connectivity index (χ1) is 26.1. The number of fused-ring (bicyclic) bond motifs is 4. The minimum Gasteiger partial charge on any atom is -0.457 e. The first kappa shape index (κ1) is 35.9. The molecule has 0 radical (unpaired) electrons. The summed E-state index contributed by atoms with van der Waals surface area (Å²) in [5.41, 5.74) is 10.9. The van der Waals surface area contributed by atoms with Crippen LogP contribution in [-0.2, 0) is 16.2 Å². The highest BCUT2D eigenvalue weighted by atomic mass is 16.5. The van der Waals surface area contributed by atoms with Gasteiger partial charge in [0, 0.05) is 40.5 Å². The quantitative estimate of drug-likeness (QED) is 0.177. The normalized spacial score (nSPS) is 13.4. The van der Waals surface area contributed by atoms with E-state index in [0.717, 1.165) is 50.5 Å². The molecule has 6 nitrogen and oxygen atoms in total. The van der Waals surface area contributed by atoms with E-state index >= 15 is 0 Å². The smallest absolute Gasteiger partial charge is 0.137 e. The Balaban J connectivity index is 1.17. The van der Waals surface area contributed by atoms with Gasteiger partial charge in [-0.1, -0.05) is 92.6 Å². The molecule has 0 atom stereocenters. The van der Waals surface area contributed by atoms with Gasteiger partial charge in [-0.2, -0.15) is 5.26 Å². The molecule has 0 saturated heterocycles. The fourth-order valence-corrected chi connectivity index (χ4v) is 7.53. The third kappa shape index (κ3) is 6.69. The number of nitrogens with zero attached hydrogens (tertiary/aromatic N) is 5. The second-order valence-corrected chi connectivity index (χ2v) is 17.9. The molecular formula is C49H49N5O. The van der Waals surface area contributed by atoms with Crippen molar-refractivity contribution in [2.24, 2.45) is 0 Å². The zero-order valence-electron chi connectivity index (χ0n) is 33.4. The number of benzene rings is 5. The van der Waals surface area contributed by atoms with Gasteiger partial charge in [-0.25, -0.2) is 4.98 Å². The van der Waals surface area contributed by atoms with Crippen LogP contribution in [-0.4, -0.2) is 16.2 Å². The summed E-state index contributed by atoms with van der Waals surface area (Å²) in [5.74, 6) is 2.28. The molecule has 0 unspecified atom stereocenters. The molecule has 0 spiro atoms. The van der Waals surface area contributed by atoms with E-state index in [4.69, 9.17) is 9.72 Å². The Kier molecular flexibility index (Phi) is 8.53. The standard InChI is InChI=1S/C49H49N5O/c1-47(2,3)33-21-22-51-46(27-33)54-44-23-32(30-50)17-19-40(44)41-20-18-39(29-45(41)54)55-38-14-12-13-36(28-38)52-31-53(43-16-11-10-15-42(43)52)37-25-34(48(4,5)6)24-35(26-37)49(7,8)9/h10-29H,31H2,1-9H3. The van der Waals surface area contributed by atoms with Crippen LogP contribution in [0.25, 0.3) is 27.6 Å². The van der Waals surface area contributed by atoms with Gasteiger partial charge >= 0.3 is 0 Å². The highest BCUT2D eigenvalue weighted by Gasteiger charge is 2.30. The molecule has 3 heterocycles. The average molecular weight is 724 g/mol. The van der Waals surface area contributed by atoms with E-state index in [1.165, 1.54) is 28.1 Å². The van der Waals surface area contributed by atoms with Crippen LogP contribution in [0.1, 0.15) is 84.6 Å².